The molecule has 1 aliphatic rings. The van der Waals surface area contributed by atoms with Crippen LogP contribution in [0.1, 0.15) is 41.0 Å². The van der Waals surface area contributed by atoms with Gasteiger partial charge in [-0.25, -0.2) is 9.97 Å². The van der Waals surface area contributed by atoms with Gasteiger partial charge in [0.2, 0.25) is 5.91 Å². The van der Waals surface area contributed by atoms with Crippen LogP contribution < -0.4 is 21.9 Å². The van der Waals surface area contributed by atoms with Crippen LogP contribution in [0.5, 0.6) is 0 Å². The number of nitrogen functional groups attached to an aromatic ring is 1. The highest BCUT2D eigenvalue weighted by Crippen LogP contribution is 2.31. The van der Waals surface area contributed by atoms with Crippen LogP contribution in [0.2, 0.25) is 0 Å². The first-order chi connectivity index (χ1) is 18.5. The van der Waals surface area contributed by atoms with Crippen molar-refractivity contribution in [2.24, 2.45) is 0 Å². The second kappa shape index (κ2) is 9.95. The Morgan fingerprint density at radius 3 is 2.84 bits per heavy atom. The minimum Gasteiger partial charge on any atom is -0.382 e. The summed E-state index contributed by atoms with van der Waals surface area (Å²) in [6.45, 7) is 2.31. The molecule has 6 rings (SSSR count). The van der Waals surface area contributed by atoms with Gasteiger partial charge in [-0.1, -0.05) is 30.3 Å². The van der Waals surface area contributed by atoms with Crippen LogP contribution in [0, 0.1) is 0 Å². The lowest BCUT2D eigenvalue weighted by Gasteiger charge is -2.17. The number of benzene rings is 1. The lowest BCUT2D eigenvalue weighted by atomic mass is 10.2. The first kappa shape index (κ1) is 24.2. The Hall–Kier alpha value is -4.16. The van der Waals surface area contributed by atoms with E-state index in [0.717, 1.165) is 30.4 Å². The number of rotatable bonds is 7. The maximum absolute atomic E-state index is 13.4. The van der Waals surface area contributed by atoms with Crippen LogP contribution in [0.15, 0.2) is 59.8 Å². The summed E-state index contributed by atoms with van der Waals surface area (Å²) in [4.78, 5) is 37.5. The van der Waals surface area contributed by atoms with Gasteiger partial charge in [-0.3, -0.25) is 14.2 Å². The summed E-state index contributed by atoms with van der Waals surface area (Å²) < 4.78 is 2.43. The van der Waals surface area contributed by atoms with E-state index < -0.39 is 6.04 Å². The number of carbonyl (C=O) groups is 1. The predicted molar refractivity (Wildman–Crippen MR) is 149 cm³/mol. The van der Waals surface area contributed by atoms with E-state index in [1.807, 2.05) is 49.5 Å². The van der Waals surface area contributed by atoms with Gasteiger partial charge in [0.25, 0.3) is 5.56 Å². The SMILES string of the molecule is CC(Nc1cnc2n(c1=O)C(C(=O)NCc1cc3c(N)nncc3s1)CC2)c1cnc(-c2ccccc2)s1. The molecule has 0 bridgehead atoms. The molecule has 4 aromatic heterocycles. The van der Waals surface area contributed by atoms with Gasteiger partial charge in [-0.05, 0) is 19.4 Å². The molecule has 0 saturated heterocycles. The molecule has 5 heterocycles. The second-order valence-corrected chi connectivity index (χ2v) is 11.3. The van der Waals surface area contributed by atoms with Gasteiger partial charge >= 0.3 is 0 Å². The summed E-state index contributed by atoms with van der Waals surface area (Å²) in [5.74, 6) is 0.765. The lowest BCUT2D eigenvalue weighted by molar-refractivity contribution is -0.124. The van der Waals surface area contributed by atoms with E-state index in [0.29, 0.717) is 36.7 Å². The van der Waals surface area contributed by atoms with Crippen molar-refractivity contribution in [3.05, 3.63) is 80.9 Å². The van der Waals surface area contributed by atoms with Crippen LogP contribution in [-0.4, -0.2) is 30.6 Å². The first-order valence-electron chi connectivity index (χ1n) is 12.1. The van der Waals surface area contributed by atoms with Gasteiger partial charge in [0.1, 0.15) is 22.6 Å². The van der Waals surface area contributed by atoms with Crippen LogP contribution >= 0.6 is 22.7 Å². The Morgan fingerprint density at radius 2 is 2.03 bits per heavy atom. The molecule has 1 amide bonds. The fourth-order valence-electron chi connectivity index (χ4n) is 4.59. The fourth-order valence-corrected chi connectivity index (χ4v) is 6.49. The summed E-state index contributed by atoms with van der Waals surface area (Å²) in [5, 5.41) is 15.7. The molecule has 0 fully saturated rings. The summed E-state index contributed by atoms with van der Waals surface area (Å²) in [7, 11) is 0. The molecule has 12 heteroatoms. The molecule has 0 saturated carbocycles. The number of nitrogens with two attached hydrogens (primary N) is 1. The highest BCUT2D eigenvalue weighted by molar-refractivity contribution is 7.19. The van der Waals surface area contributed by atoms with Crippen LogP contribution in [0.4, 0.5) is 11.5 Å². The monoisotopic (exact) mass is 544 g/mol. The molecular formula is C26H24N8O2S2. The number of anilines is 2. The van der Waals surface area contributed by atoms with E-state index >= 15 is 0 Å². The number of hydrogen-bond donors (Lipinski definition) is 3. The zero-order valence-corrected chi connectivity index (χ0v) is 22.1. The number of nitrogens with one attached hydrogen (secondary N) is 2. The smallest absolute Gasteiger partial charge is 0.277 e. The number of nitrogens with zero attached hydrogens (tertiary/aromatic N) is 5. The molecule has 1 aromatic carbocycles. The summed E-state index contributed by atoms with van der Waals surface area (Å²) in [6, 6.07) is 11.1. The van der Waals surface area contributed by atoms with Crippen molar-refractivity contribution in [2.75, 3.05) is 11.1 Å². The summed E-state index contributed by atoms with van der Waals surface area (Å²) in [5.41, 5.74) is 7.06. The fraction of sp³-hybridized carbons (Fsp3) is 0.231. The maximum atomic E-state index is 13.4. The minimum atomic E-state index is -0.613. The molecule has 4 N–H and O–H groups in total. The van der Waals surface area contributed by atoms with Crippen LogP contribution in [-0.2, 0) is 17.8 Å². The number of fused-ring (bicyclic) bond motifs is 2. The summed E-state index contributed by atoms with van der Waals surface area (Å²) in [6.07, 6.45) is 6.13. The topological polar surface area (TPSA) is 141 Å². The maximum Gasteiger partial charge on any atom is 0.277 e. The Balaban J connectivity index is 1.17. The molecule has 0 spiro atoms. The number of aromatic nitrogens is 5. The number of aryl methyl sites for hydroxylation is 1. The Kier molecular flexibility index (Phi) is 6.34. The standard InChI is InChI=1S/C26H24N8O2S2/c1-14(20-12-30-25(38-20)15-5-3-2-4-6-15)32-18-11-28-22-8-7-19(34(22)26(18)36)24(35)29-10-16-9-17-21(37-16)13-31-33-23(17)27/h2-6,9,11-14,19,32H,7-8,10H2,1H3,(H2,27,33)(H,29,35). The van der Waals surface area contributed by atoms with E-state index in [2.05, 4.69) is 30.8 Å². The highest BCUT2D eigenvalue weighted by Gasteiger charge is 2.31. The van der Waals surface area contributed by atoms with Crippen molar-refractivity contribution in [2.45, 2.75) is 38.4 Å². The molecule has 2 atom stereocenters. The predicted octanol–water partition coefficient (Wildman–Crippen LogP) is 3.93. The molecule has 1 aliphatic heterocycles. The zero-order valence-electron chi connectivity index (χ0n) is 20.4. The van der Waals surface area contributed by atoms with Crippen molar-refractivity contribution in [1.82, 2.24) is 30.0 Å². The Morgan fingerprint density at radius 1 is 1.18 bits per heavy atom. The molecule has 2 unspecified atom stereocenters. The lowest BCUT2D eigenvalue weighted by Crippen LogP contribution is -2.36. The third kappa shape index (κ3) is 4.52. The van der Waals surface area contributed by atoms with E-state index in [1.54, 1.807) is 23.7 Å². The minimum absolute atomic E-state index is 0.156. The quantitative estimate of drug-likeness (QED) is 0.280. The van der Waals surface area contributed by atoms with Gasteiger partial charge in [-0.15, -0.1) is 27.8 Å². The van der Waals surface area contributed by atoms with E-state index in [1.165, 1.54) is 15.9 Å². The van der Waals surface area contributed by atoms with Gasteiger partial charge in [0, 0.05) is 33.3 Å². The number of carbonyl (C=O) groups excluding carboxylic acids is 1. The van der Waals surface area contributed by atoms with Crippen molar-refractivity contribution in [1.29, 1.82) is 0 Å². The van der Waals surface area contributed by atoms with E-state index in [9.17, 15) is 9.59 Å². The zero-order chi connectivity index (χ0) is 26.2. The molecule has 0 radical (unpaired) electrons. The second-order valence-electron chi connectivity index (χ2n) is 9.06. The number of hydrogen-bond acceptors (Lipinski definition) is 10. The number of thiazole rings is 1. The van der Waals surface area contributed by atoms with Crippen LogP contribution in [0.3, 0.4) is 0 Å². The van der Waals surface area contributed by atoms with Crippen LogP contribution in [0.25, 0.3) is 20.7 Å². The summed E-state index contributed by atoms with van der Waals surface area (Å²) >= 11 is 3.08. The Bertz CT molecular complexity index is 1690. The van der Waals surface area contributed by atoms with Gasteiger partial charge in [-0.2, -0.15) is 5.10 Å². The van der Waals surface area contributed by atoms with Gasteiger partial charge < -0.3 is 16.4 Å². The highest BCUT2D eigenvalue weighted by atomic mass is 32.1. The third-order valence-corrected chi connectivity index (χ3v) is 8.83. The first-order valence-corrected chi connectivity index (χ1v) is 13.8. The molecule has 5 aromatic rings. The normalized spacial score (nSPS) is 15.3. The Labute approximate surface area is 225 Å². The molecule has 38 heavy (non-hydrogen) atoms. The largest absolute Gasteiger partial charge is 0.382 e. The van der Waals surface area contributed by atoms with Crippen molar-refractivity contribution in [3.8, 4) is 10.6 Å². The van der Waals surface area contributed by atoms with Crippen molar-refractivity contribution in [3.63, 3.8) is 0 Å². The van der Waals surface area contributed by atoms with Gasteiger partial charge in [0.05, 0.1) is 29.7 Å². The number of thiophene rings is 1. The third-order valence-electron chi connectivity index (χ3n) is 6.53. The molecular weight excluding hydrogens is 520 g/mol. The molecule has 10 nitrogen and oxygen atoms in total. The molecule has 192 valence electrons. The molecule has 0 aliphatic carbocycles. The van der Waals surface area contributed by atoms with E-state index in [4.69, 9.17) is 5.73 Å². The van der Waals surface area contributed by atoms with Crippen molar-refractivity contribution < 1.29 is 4.79 Å². The van der Waals surface area contributed by atoms with Gasteiger partial charge in [0.15, 0.2) is 5.82 Å². The van der Waals surface area contributed by atoms with E-state index in [-0.39, 0.29) is 17.5 Å². The average molecular weight is 545 g/mol. The number of amides is 1. The average Bonchev–Trinajstić information content (AvgIpc) is 3.68. The van der Waals surface area contributed by atoms with Crippen molar-refractivity contribution >= 4 is 50.2 Å².